The highest BCUT2D eigenvalue weighted by atomic mass is 16.3. The molecule has 0 radical (unpaired) electrons. The minimum absolute atomic E-state index is 0.0587. The van der Waals surface area contributed by atoms with E-state index >= 15 is 0 Å². The first-order valence-electron chi connectivity index (χ1n) is 5.83. The van der Waals surface area contributed by atoms with Crippen LogP contribution < -0.4 is 17.0 Å². The van der Waals surface area contributed by atoms with E-state index in [4.69, 9.17) is 16.6 Å². The number of anilines is 2. The molecule has 0 aliphatic carbocycles. The molecule has 3 rings (SSSR count). The molecule has 0 aromatic carbocycles. The predicted octanol–water partition coefficient (Wildman–Crippen LogP) is -1.86. The van der Waals surface area contributed by atoms with Crippen LogP contribution in [0.5, 0.6) is 0 Å². The zero-order chi connectivity index (χ0) is 14.4. The topological polar surface area (TPSA) is 150 Å². The van der Waals surface area contributed by atoms with Gasteiger partial charge < -0.3 is 16.6 Å². The fourth-order valence-corrected chi connectivity index (χ4v) is 2.11. The Hall–Kier alpha value is -2.75. The zero-order valence-corrected chi connectivity index (χ0v) is 10.6. The molecule has 10 heteroatoms. The van der Waals surface area contributed by atoms with Gasteiger partial charge in [-0.15, -0.1) is 10.2 Å². The van der Waals surface area contributed by atoms with Crippen LogP contribution in [0.1, 0.15) is 11.3 Å². The average Bonchev–Trinajstić information content (AvgIpc) is 2.75. The summed E-state index contributed by atoms with van der Waals surface area (Å²) in [6.45, 7) is 1.52. The van der Waals surface area contributed by atoms with Crippen LogP contribution in [0, 0.1) is 6.92 Å². The van der Waals surface area contributed by atoms with Gasteiger partial charge in [0.25, 0.3) is 11.3 Å². The third-order valence-corrected chi connectivity index (χ3v) is 3.04. The third kappa shape index (κ3) is 1.51. The molecule has 10 nitrogen and oxygen atoms in total. The SMILES string of the molecule is Cc1nc2n(c(N)nc3nnc(N)n32)c(=O)c1CCO. The van der Waals surface area contributed by atoms with E-state index in [0.29, 0.717) is 11.3 Å². The van der Waals surface area contributed by atoms with Crippen molar-refractivity contribution in [1.29, 1.82) is 0 Å². The first-order chi connectivity index (χ1) is 9.54. The lowest BCUT2D eigenvalue weighted by molar-refractivity contribution is 0.298. The second kappa shape index (κ2) is 4.13. The Morgan fingerprint density at radius 1 is 1.15 bits per heavy atom. The number of nitrogens with two attached hydrogens (primary N) is 2. The maximum absolute atomic E-state index is 12.4. The number of hydrogen-bond acceptors (Lipinski definition) is 8. The normalized spacial score (nSPS) is 11.5. The molecule has 3 aromatic heterocycles. The first kappa shape index (κ1) is 12.3. The Bertz CT molecular complexity index is 880. The van der Waals surface area contributed by atoms with E-state index in [2.05, 4.69) is 20.2 Å². The highest BCUT2D eigenvalue weighted by Gasteiger charge is 2.17. The van der Waals surface area contributed by atoms with Crippen LogP contribution in [0.25, 0.3) is 11.6 Å². The lowest BCUT2D eigenvalue weighted by atomic mass is 10.2. The van der Waals surface area contributed by atoms with Crippen molar-refractivity contribution >= 4 is 23.5 Å². The number of aliphatic hydroxyl groups excluding tert-OH is 1. The number of aryl methyl sites for hydroxylation is 1. The second-order valence-corrected chi connectivity index (χ2v) is 4.25. The molecule has 0 unspecified atom stereocenters. The van der Waals surface area contributed by atoms with Gasteiger partial charge in [-0.3, -0.25) is 4.79 Å². The summed E-state index contributed by atoms with van der Waals surface area (Å²) in [5.41, 5.74) is 12.0. The summed E-state index contributed by atoms with van der Waals surface area (Å²) in [5, 5.41) is 16.5. The summed E-state index contributed by atoms with van der Waals surface area (Å²) in [6, 6.07) is 0. The van der Waals surface area contributed by atoms with Gasteiger partial charge in [-0.25, -0.2) is 13.8 Å². The van der Waals surface area contributed by atoms with Gasteiger partial charge in [0.2, 0.25) is 17.7 Å². The molecule has 5 N–H and O–H groups in total. The molecule has 0 atom stereocenters. The Labute approximate surface area is 111 Å². The van der Waals surface area contributed by atoms with Crippen molar-refractivity contribution < 1.29 is 5.11 Å². The van der Waals surface area contributed by atoms with E-state index in [0.717, 1.165) is 4.40 Å². The van der Waals surface area contributed by atoms with Crippen molar-refractivity contribution in [2.75, 3.05) is 18.1 Å². The molecule has 0 fully saturated rings. The van der Waals surface area contributed by atoms with Crippen LogP contribution in [0.4, 0.5) is 11.9 Å². The lowest BCUT2D eigenvalue weighted by Crippen LogP contribution is -2.27. The van der Waals surface area contributed by atoms with Crippen LogP contribution in [-0.4, -0.2) is 40.7 Å². The van der Waals surface area contributed by atoms with Crippen molar-refractivity contribution in [2.45, 2.75) is 13.3 Å². The molecule has 0 aliphatic heterocycles. The molecule has 0 bridgehead atoms. The summed E-state index contributed by atoms with van der Waals surface area (Å²) in [6.07, 6.45) is 0.190. The number of rotatable bonds is 2. The van der Waals surface area contributed by atoms with Crippen LogP contribution in [-0.2, 0) is 6.42 Å². The van der Waals surface area contributed by atoms with Crippen LogP contribution in [0.3, 0.4) is 0 Å². The number of hydrogen-bond donors (Lipinski definition) is 3. The van der Waals surface area contributed by atoms with E-state index in [1.807, 2.05) is 0 Å². The van der Waals surface area contributed by atoms with Gasteiger partial charge >= 0.3 is 0 Å². The number of fused-ring (bicyclic) bond motifs is 3. The number of aliphatic hydroxyl groups is 1. The van der Waals surface area contributed by atoms with E-state index in [1.165, 1.54) is 4.40 Å². The molecule has 0 saturated carbocycles. The van der Waals surface area contributed by atoms with Gasteiger partial charge in [0.15, 0.2) is 0 Å². The average molecular weight is 276 g/mol. The fourth-order valence-electron chi connectivity index (χ4n) is 2.11. The second-order valence-electron chi connectivity index (χ2n) is 4.25. The maximum atomic E-state index is 12.4. The van der Waals surface area contributed by atoms with E-state index in [9.17, 15) is 4.79 Å². The smallest absolute Gasteiger partial charge is 0.265 e. The summed E-state index contributed by atoms with van der Waals surface area (Å²) in [4.78, 5) is 20.7. The molecule has 3 heterocycles. The summed E-state index contributed by atoms with van der Waals surface area (Å²) >= 11 is 0. The molecule has 3 aromatic rings. The summed E-state index contributed by atoms with van der Waals surface area (Å²) in [7, 11) is 0. The first-order valence-corrected chi connectivity index (χ1v) is 5.83. The molecular weight excluding hydrogens is 264 g/mol. The van der Waals surface area contributed by atoms with Gasteiger partial charge in [0.05, 0.1) is 5.69 Å². The van der Waals surface area contributed by atoms with Crippen molar-refractivity contribution in [3.63, 3.8) is 0 Å². The molecular formula is C10H12N8O2. The molecule has 0 amide bonds. The Morgan fingerprint density at radius 2 is 1.90 bits per heavy atom. The number of nitrogens with zero attached hydrogens (tertiary/aromatic N) is 6. The van der Waals surface area contributed by atoms with Gasteiger partial charge in [-0.2, -0.15) is 4.98 Å². The predicted molar refractivity (Wildman–Crippen MR) is 70.2 cm³/mol. The van der Waals surface area contributed by atoms with Crippen LogP contribution in [0.15, 0.2) is 4.79 Å². The zero-order valence-electron chi connectivity index (χ0n) is 10.6. The quantitative estimate of drug-likeness (QED) is 0.493. The molecule has 104 valence electrons. The Kier molecular flexibility index (Phi) is 2.54. The third-order valence-electron chi connectivity index (χ3n) is 3.04. The minimum atomic E-state index is -0.387. The van der Waals surface area contributed by atoms with Crippen molar-refractivity contribution in [2.24, 2.45) is 0 Å². The van der Waals surface area contributed by atoms with Gasteiger partial charge in [0, 0.05) is 18.6 Å². The fraction of sp³-hybridized carbons (Fsp3) is 0.300. The van der Waals surface area contributed by atoms with Crippen molar-refractivity contribution in [3.8, 4) is 0 Å². The van der Waals surface area contributed by atoms with E-state index in [1.54, 1.807) is 6.92 Å². The number of nitrogen functional groups attached to an aromatic ring is 2. The summed E-state index contributed by atoms with van der Waals surface area (Å²) < 4.78 is 2.47. The van der Waals surface area contributed by atoms with Crippen LogP contribution in [0.2, 0.25) is 0 Å². The highest BCUT2D eigenvalue weighted by molar-refractivity contribution is 5.52. The maximum Gasteiger partial charge on any atom is 0.265 e. The van der Waals surface area contributed by atoms with Gasteiger partial charge in [-0.1, -0.05) is 0 Å². The highest BCUT2D eigenvalue weighted by Crippen LogP contribution is 2.12. The minimum Gasteiger partial charge on any atom is -0.396 e. The van der Waals surface area contributed by atoms with Crippen molar-refractivity contribution in [3.05, 3.63) is 21.6 Å². The monoisotopic (exact) mass is 276 g/mol. The van der Waals surface area contributed by atoms with E-state index in [-0.39, 0.29) is 42.0 Å². The molecule has 0 aliphatic rings. The largest absolute Gasteiger partial charge is 0.396 e. The van der Waals surface area contributed by atoms with E-state index < -0.39 is 0 Å². The Balaban J connectivity index is 2.56. The molecule has 0 saturated heterocycles. The van der Waals surface area contributed by atoms with Gasteiger partial charge in [0.1, 0.15) is 0 Å². The standard InChI is InChI=1S/C10H12N8O2/c1-4-5(2-3-19)6(20)17-7(11)14-9-16-15-8(12)18(9)10(17)13-4/h19H,2-3H2,1H3,(H2,12,15)(H2,11,14,16). The van der Waals surface area contributed by atoms with Crippen molar-refractivity contribution in [1.82, 2.24) is 29.0 Å². The lowest BCUT2D eigenvalue weighted by Gasteiger charge is -2.09. The van der Waals surface area contributed by atoms with Crippen LogP contribution >= 0.6 is 0 Å². The Morgan fingerprint density at radius 3 is 2.60 bits per heavy atom. The van der Waals surface area contributed by atoms with Gasteiger partial charge in [-0.05, 0) is 6.92 Å². The summed E-state index contributed by atoms with van der Waals surface area (Å²) in [5.74, 6) is 0.364. The molecule has 0 spiro atoms. The number of aromatic nitrogens is 6. The molecule has 20 heavy (non-hydrogen) atoms.